The lowest BCUT2D eigenvalue weighted by atomic mass is 10.2. The van der Waals surface area contributed by atoms with Crippen molar-refractivity contribution in [2.45, 2.75) is 9.10 Å². The van der Waals surface area contributed by atoms with Gasteiger partial charge in [-0.25, -0.2) is 0 Å². The summed E-state index contributed by atoms with van der Waals surface area (Å²) in [6, 6.07) is 5.74. The predicted octanol–water partition coefficient (Wildman–Crippen LogP) is 3.72. The third-order valence-corrected chi connectivity index (χ3v) is 4.56. The van der Waals surface area contributed by atoms with Gasteiger partial charge in [-0.2, -0.15) is 0 Å². The van der Waals surface area contributed by atoms with Crippen LogP contribution in [0.5, 0.6) is 0 Å². The second-order valence-electron chi connectivity index (χ2n) is 2.81. The summed E-state index contributed by atoms with van der Waals surface area (Å²) in [6.07, 6.45) is 2.91. The first-order valence-electron chi connectivity index (χ1n) is 4.01. The molecule has 0 aliphatic carbocycles. The molecule has 0 unspecified atom stereocenters. The van der Waals surface area contributed by atoms with Crippen molar-refractivity contribution in [3.8, 4) is 0 Å². The number of benzene rings is 1. The van der Waals surface area contributed by atoms with Crippen molar-refractivity contribution in [2.75, 3.05) is 6.26 Å². The third kappa shape index (κ3) is 1.58. The zero-order valence-electron chi connectivity index (χ0n) is 7.48. The minimum atomic E-state index is 0.722. The van der Waals surface area contributed by atoms with Gasteiger partial charge in [-0.1, -0.05) is 12.1 Å². The molecule has 0 N–H and O–H groups in total. The molecule has 4 heteroatoms. The largest absolute Gasteiger partial charge is 0.298 e. The van der Waals surface area contributed by atoms with Crippen molar-refractivity contribution in [3.63, 3.8) is 0 Å². The maximum atomic E-state index is 10.6. The average molecular weight is 240 g/mol. The number of fused-ring (bicyclic) bond motifs is 1. The molecule has 0 fully saturated rings. The molecule has 0 radical (unpaired) electrons. The Balaban J connectivity index is 2.74. The van der Waals surface area contributed by atoms with E-state index in [1.807, 2.05) is 24.5 Å². The highest BCUT2D eigenvalue weighted by Crippen LogP contribution is 2.39. The van der Waals surface area contributed by atoms with E-state index in [1.54, 1.807) is 23.1 Å². The molecule has 2 aromatic rings. The number of hydrogen-bond acceptors (Lipinski definition) is 4. The molecular formula is C10H8OS3. The first-order valence-corrected chi connectivity index (χ1v) is 6.50. The van der Waals surface area contributed by atoms with Crippen molar-refractivity contribution < 1.29 is 4.79 Å². The first kappa shape index (κ1) is 10.1. The Hall–Kier alpha value is -0.450. The van der Waals surface area contributed by atoms with E-state index < -0.39 is 0 Å². The minimum absolute atomic E-state index is 0.722. The van der Waals surface area contributed by atoms with Crippen LogP contribution in [0.25, 0.3) is 10.1 Å². The Morgan fingerprint density at radius 1 is 1.50 bits per heavy atom. The van der Waals surface area contributed by atoms with Crippen molar-refractivity contribution in [3.05, 3.63) is 23.8 Å². The molecule has 0 aliphatic rings. The van der Waals surface area contributed by atoms with Gasteiger partial charge in [-0.3, -0.25) is 4.79 Å². The summed E-state index contributed by atoms with van der Waals surface area (Å²) in [6.45, 7) is 0. The number of hydrogen-bond donors (Lipinski definition) is 1. The number of carbonyl (C=O) groups is 1. The average Bonchev–Trinajstić information content (AvgIpc) is 2.51. The molecule has 1 heterocycles. The van der Waals surface area contributed by atoms with Gasteiger partial charge in [-0.15, -0.1) is 35.7 Å². The van der Waals surface area contributed by atoms with E-state index in [0.717, 1.165) is 20.8 Å². The molecule has 14 heavy (non-hydrogen) atoms. The lowest BCUT2D eigenvalue weighted by Gasteiger charge is -1.94. The van der Waals surface area contributed by atoms with Gasteiger partial charge in [0, 0.05) is 20.5 Å². The highest BCUT2D eigenvalue weighted by atomic mass is 32.2. The molecule has 0 spiro atoms. The maximum Gasteiger partial charge on any atom is 0.150 e. The number of rotatable bonds is 2. The summed E-state index contributed by atoms with van der Waals surface area (Å²) in [4.78, 5) is 11.8. The van der Waals surface area contributed by atoms with Crippen LogP contribution >= 0.6 is 35.7 Å². The SMILES string of the molecule is CSc1c(S)sc2cc(C=O)ccc12. The van der Waals surface area contributed by atoms with Crippen LogP contribution in [0.15, 0.2) is 27.3 Å². The molecule has 1 aromatic carbocycles. The van der Waals surface area contributed by atoms with Crippen LogP contribution in [-0.2, 0) is 0 Å². The van der Waals surface area contributed by atoms with Crippen LogP contribution in [0.2, 0.25) is 0 Å². The third-order valence-electron chi connectivity index (χ3n) is 1.99. The Kier molecular flexibility index (Phi) is 2.85. The Labute approximate surface area is 95.9 Å². The highest BCUT2D eigenvalue weighted by molar-refractivity contribution is 7.99. The summed E-state index contributed by atoms with van der Waals surface area (Å²) in [5, 5.41) is 1.19. The van der Waals surface area contributed by atoms with Crippen molar-refractivity contribution in [2.24, 2.45) is 0 Å². The van der Waals surface area contributed by atoms with Crippen LogP contribution in [0.4, 0.5) is 0 Å². The fourth-order valence-electron chi connectivity index (χ4n) is 1.35. The van der Waals surface area contributed by atoms with E-state index in [9.17, 15) is 4.79 Å². The molecule has 0 bridgehead atoms. The highest BCUT2D eigenvalue weighted by Gasteiger charge is 2.08. The van der Waals surface area contributed by atoms with Crippen molar-refractivity contribution in [1.29, 1.82) is 0 Å². The number of aldehydes is 1. The van der Waals surface area contributed by atoms with Crippen molar-refractivity contribution in [1.82, 2.24) is 0 Å². The molecule has 0 saturated carbocycles. The van der Waals surface area contributed by atoms with Crippen LogP contribution in [0.1, 0.15) is 10.4 Å². The molecule has 0 aliphatic heterocycles. The number of carbonyl (C=O) groups excluding carboxylic acids is 1. The second kappa shape index (κ2) is 3.96. The van der Waals surface area contributed by atoms with E-state index in [-0.39, 0.29) is 0 Å². The standard InChI is InChI=1S/C10H8OS3/c1-13-9-7-3-2-6(5-11)4-8(7)14-10(9)12/h2-5,12H,1H3. The van der Waals surface area contributed by atoms with Crippen molar-refractivity contribution >= 4 is 52.1 Å². The number of thiophene rings is 1. The molecule has 2 rings (SSSR count). The van der Waals surface area contributed by atoms with Gasteiger partial charge in [0.25, 0.3) is 0 Å². The number of thiol groups is 1. The number of thioether (sulfide) groups is 1. The maximum absolute atomic E-state index is 10.6. The summed E-state index contributed by atoms with van der Waals surface area (Å²) in [7, 11) is 0. The molecular weight excluding hydrogens is 232 g/mol. The topological polar surface area (TPSA) is 17.1 Å². The zero-order chi connectivity index (χ0) is 10.1. The van der Waals surface area contributed by atoms with Gasteiger partial charge in [0.1, 0.15) is 6.29 Å². The fraction of sp³-hybridized carbons (Fsp3) is 0.100. The van der Waals surface area contributed by atoms with Gasteiger partial charge >= 0.3 is 0 Å². The summed E-state index contributed by atoms with van der Waals surface area (Å²) in [5.74, 6) is 0. The van der Waals surface area contributed by atoms with Gasteiger partial charge in [0.15, 0.2) is 0 Å². The van der Waals surface area contributed by atoms with Crippen LogP contribution in [-0.4, -0.2) is 12.5 Å². The molecule has 0 atom stereocenters. The molecule has 1 aromatic heterocycles. The van der Waals surface area contributed by atoms with Crippen LogP contribution < -0.4 is 0 Å². The van der Waals surface area contributed by atoms with Gasteiger partial charge in [0.2, 0.25) is 0 Å². The van der Waals surface area contributed by atoms with Gasteiger partial charge in [0.05, 0.1) is 4.21 Å². The van der Waals surface area contributed by atoms with E-state index in [0.29, 0.717) is 0 Å². The Morgan fingerprint density at radius 2 is 2.29 bits per heavy atom. The lowest BCUT2D eigenvalue weighted by Crippen LogP contribution is -1.76. The van der Waals surface area contributed by atoms with Crippen LogP contribution in [0.3, 0.4) is 0 Å². The summed E-state index contributed by atoms with van der Waals surface area (Å²) >= 11 is 7.72. The quantitative estimate of drug-likeness (QED) is 0.489. The Bertz CT molecular complexity index is 487. The van der Waals surface area contributed by atoms with Gasteiger partial charge < -0.3 is 0 Å². The Morgan fingerprint density at radius 3 is 2.93 bits per heavy atom. The second-order valence-corrected chi connectivity index (χ2v) is 5.43. The molecule has 0 amide bonds. The lowest BCUT2D eigenvalue weighted by molar-refractivity contribution is 0.112. The molecule has 1 nitrogen and oxygen atoms in total. The predicted molar refractivity (Wildman–Crippen MR) is 66.2 cm³/mol. The van der Waals surface area contributed by atoms with E-state index in [4.69, 9.17) is 0 Å². The van der Waals surface area contributed by atoms with E-state index in [2.05, 4.69) is 12.6 Å². The minimum Gasteiger partial charge on any atom is -0.298 e. The van der Waals surface area contributed by atoms with E-state index >= 15 is 0 Å². The smallest absolute Gasteiger partial charge is 0.150 e. The first-order chi connectivity index (χ1) is 6.76. The summed E-state index contributed by atoms with van der Waals surface area (Å²) < 4.78 is 2.15. The molecule has 0 saturated heterocycles. The molecule has 72 valence electrons. The normalized spacial score (nSPS) is 10.7. The monoisotopic (exact) mass is 240 g/mol. The summed E-state index contributed by atoms with van der Waals surface area (Å²) in [5.41, 5.74) is 0.722. The fourth-order valence-corrected chi connectivity index (χ4v) is 3.93. The van der Waals surface area contributed by atoms with Crippen LogP contribution in [0, 0.1) is 0 Å². The van der Waals surface area contributed by atoms with E-state index in [1.165, 1.54) is 10.3 Å². The zero-order valence-corrected chi connectivity index (χ0v) is 10.0. The van der Waals surface area contributed by atoms with Gasteiger partial charge in [-0.05, 0) is 12.3 Å².